The molecule has 0 aliphatic heterocycles. The van der Waals surface area contributed by atoms with Crippen LogP contribution in [-0.2, 0) is 14.9 Å². The van der Waals surface area contributed by atoms with Gasteiger partial charge in [0.2, 0.25) is 0 Å². The molecule has 3 heteroatoms. The molecule has 0 N–H and O–H groups in total. The number of hydrogen-bond donors (Lipinski definition) is 0. The van der Waals surface area contributed by atoms with Crippen LogP contribution in [0.3, 0.4) is 0 Å². The second kappa shape index (κ2) is 9.69. The minimum absolute atomic E-state index is 0.0657. The second-order valence-electron chi connectivity index (χ2n) is 8.09. The molecule has 1 fully saturated rings. The molecule has 2 aromatic rings. The van der Waals surface area contributed by atoms with Gasteiger partial charge in [0.1, 0.15) is 19.0 Å². The van der Waals surface area contributed by atoms with Crippen LogP contribution in [0.1, 0.15) is 49.3 Å². The molecule has 0 heterocycles. The average molecular weight is 393 g/mol. The van der Waals surface area contributed by atoms with Crippen molar-refractivity contribution in [2.24, 2.45) is 5.92 Å². The highest BCUT2D eigenvalue weighted by Gasteiger charge is 2.37. The first-order valence-corrected chi connectivity index (χ1v) is 10.3. The zero-order valence-electron chi connectivity index (χ0n) is 17.6. The van der Waals surface area contributed by atoms with E-state index >= 15 is 0 Å². The van der Waals surface area contributed by atoms with Crippen molar-refractivity contribution in [3.8, 4) is 5.75 Å². The van der Waals surface area contributed by atoms with Crippen molar-refractivity contribution in [2.45, 2.75) is 38.0 Å². The van der Waals surface area contributed by atoms with Crippen molar-refractivity contribution in [3.63, 3.8) is 0 Å². The van der Waals surface area contributed by atoms with E-state index in [4.69, 9.17) is 14.2 Å². The topological polar surface area (TPSA) is 27.7 Å². The number of ether oxygens (including phenoxy) is 3. The maximum absolute atomic E-state index is 5.69. The predicted molar refractivity (Wildman–Crippen MR) is 118 cm³/mol. The summed E-state index contributed by atoms with van der Waals surface area (Å²) >= 11 is 0. The van der Waals surface area contributed by atoms with Gasteiger partial charge in [0, 0.05) is 5.41 Å². The largest absolute Gasteiger partial charge is 0.502 e. The lowest BCUT2D eigenvalue weighted by Gasteiger charge is -2.26. The first kappa shape index (κ1) is 21.0. The Balaban J connectivity index is 1.59. The van der Waals surface area contributed by atoms with Crippen LogP contribution < -0.4 is 4.74 Å². The van der Waals surface area contributed by atoms with Gasteiger partial charge in [-0.15, -0.1) is 0 Å². The summed E-state index contributed by atoms with van der Waals surface area (Å²) in [6.07, 6.45) is 5.34. The molecule has 1 aliphatic rings. The van der Waals surface area contributed by atoms with Crippen LogP contribution in [0, 0.1) is 5.92 Å². The highest BCUT2D eigenvalue weighted by atomic mass is 16.5. The summed E-state index contributed by atoms with van der Waals surface area (Å²) in [6.45, 7) is 13.4. The molecule has 2 atom stereocenters. The second-order valence-corrected chi connectivity index (χ2v) is 8.09. The molecule has 2 aromatic carbocycles. The summed E-state index contributed by atoms with van der Waals surface area (Å²) in [7, 11) is 0. The van der Waals surface area contributed by atoms with Gasteiger partial charge in [0.25, 0.3) is 0 Å². The Kier molecular flexibility index (Phi) is 7.03. The van der Waals surface area contributed by atoms with E-state index in [2.05, 4.69) is 63.4 Å². The van der Waals surface area contributed by atoms with E-state index < -0.39 is 0 Å². The van der Waals surface area contributed by atoms with Crippen molar-refractivity contribution >= 4 is 0 Å². The summed E-state index contributed by atoms with van der Waals surface area (Å²) in [5.74, 6) is 2.29. The van der Waals surface area contributed by atoms with Crippen molar-refractivity contribution in [1.29, 1.82) is 0 Å². The van der Waals surface area contributed by atoms with Gasteiger partial charge in [-0.2, -0.15) is 0 Å². The molecule has 1 saturated carbocycles. The van der Waals surface area contributed by atoms with E-state index in [-0.39, 0.29) is 5.41 Å². The van der Waals surface area contributed by atoms with Crippen molar-refractivity contribution in [2.75, 3.05) is 19.8 Å². The van der Waals surface area contributed by atoms with Gasteiger partial charge in [-0.25, -0.2) is 0 Å². The Morgan fingerprint density at radius 2 is 1.45 bits per heavy atom. The molecule has 3 rings (SSSR count). The van der Waals surface area contributed by atoms with Gasteiger partial charge < -0.3 is 14.2 Å². The average Bonchev–Trinajstić information content (AvgIpc) is 3.51. The molecule has 0 bridgehead atoms. The zero-order valence-corrected chi connectivity index (χ0v) is 17.6. The van der Waals surface area contributed by atoms with Crippen LogP contribution in [0.15, 0.2) is 74.2 Å². The van der Waals surface area contributed by atoms with Gasteiger partial charge in [-0.05, 0) is 53.5 Å². The molecule has 154 valence electrons. The Morgan fingerprint density at radius 1 is 0.862 bits per heavy atom. The van der Waals surface area contributed by atoms with Crippen LogP contribution in [-0.4, -0.2) is 19.8 Å². The predicted octanol–water partition coefficient (Wildman–Crippen LogP) is 6.21. The van der Waals surface area contributed by atoms with Gasteiger partial charge >= 0.3 is 0 Å². The molecule has 0 amide bonds. The highest BCUT2D eigenvalue weighted by molar-refractivity contribution is 5.41. The number of benzene rings is 2. The Hall–Kier alpha value is -2.68. The Bertz CT molecular complexity index is 790. The molecule has 0 aromatic heterocycles. The molecule has 29 heavy (non-hydrogen) atoms. The van der Waals surface area contributed by atoms with E-state index in [0.717, 1.165) is 24.7 Å². The minimum Gasteiger partial charge on any atom is -0.502 e. The fraction of sp³-hybridized carbons (Fsp3) is 0.385. The summed E-state index contributed by atoms with van der Waals surface area (Å²) in [5, 5.41) is 0. The summed E-state index contributed by atoms with van der Waals surface area (Å²) in [5.41, 5.74) is 3.97. The molecular weight excluding hydrogens is 360 g/mol. The SMILES string of the molecule is C=COCCOc1ccc(C(C)(C)c2ccc(C3C[C@@H]3CCOC=C)cc2)cc1. The lowest BCUT2D eigenvalue weighted by molar-refractivity contribution is 0.179. The van der Waals surface area contributed by atoms with Gasteiger partial charge in [0.05, 0.1) is 19.1 Å². The van der Waals surface area contributed by atoms with Crippen LogP contribution in [0.2, 0.25) is 0 Å². The maximum atomic E-state index is 5.69. The minimum atomic E-state index is -0.0657. The molecule has 3 nitrogen and oxygen atoms in total. The van der Waals surface area contributed by atoms with Crippen LogP contribution in [0.5, 0.6) is 5.75 Å². The van der Waals surface area contributed by atoms with Crippen LogP contribution in [0.25, 0.3) is 0 Å². The number of hydrogen-bond acceptors (Lipinski definition) is 3. The third kappa shape index (κ3) is 5.44. The fourth-order valence-corrected chi connectivity index (χ4v) is 3.85. The number of rotatable bonds is 12. The standard InChI is InChI=1S/C26H32O3/c1-5-27-16-15-21-19-25(21)20-7-9-22(10-8-20)26(3,4)23-11-13-24(14-12-23)29-18-17-28-6-2/h5-14,21,25H,1-2,15-19H2,3-4H3/t21-,25?/m0/s1. The summed E-state index contributed by atoms with van der Waals surface area (Å²) < 4.78 is 16.0. The molecule has 0 spiro atoms. The van der Waals surface area contributed by atoms with Gasteiger partial charge in [0.15, 0.2) is 0 Å². The van der Waals surface area contributed by atoms with E-state index in [1.807, 2.05) is 12.1 Å². The molecule has 0 radical (unpaired) electrons. The zero-order chi connectivity index (χ0) is 20.7. The lowest BCUT2D eigenvalue weighted by Crippen LogP contribution is -2.18. The Labute approximate surface area is 175 Å². The normalized spacial score (nSPS) is 18.0. The molecule has 1 unspecified atom stereocenters. The quantitative estimate of drug-likeness (QED) is 0.318. The highest BCUT2D eigenvalue weighted by Crippen LogP contribution is 2.49. The molecule has 0 saturated heterocycles. The molecule has 1 aliphatic carbocycles. The van der Waals surface area contributed by atoms with Gasteiger partial charge in [-0.3, -0.25) is 0 Å². The first-order chi connectivity index (χ1) is 14.1. The van der Waals surface area contributed by atoms with Gasteiger partial charge in [-0.1, -0.05) is 63.4 Å². The third-order valence-electron chi connectivity index (χ3n) is 5.87. The van der Waals surface area contributed by atoms with Crippen LogP contribution >= 0.6 is 0 Å². The maximum Gasteiger partial charge on any atom is 0.122 e. The van der Waals surface area contributed by atoms with Crippen LogP contribution in [0.4, 0.5) is 0 Å². The summed E-state index contributed by atoms with van der Waals surface area (Å²) in [6, 6.07) is 17.5. The fourth-order valence-electron chi connectivity index (χ4n) is 3.85. The van der Waals surface area contributed by atoms with E-state index in [1.165, 1.54) is 35.6 Å². The molecular formula is C26H32O3. The van der Waals surface area contributed by atoms with Crippen molar-refractivity contribution in [1.82, 2.24) is 0 Å². The summed E-state index contributed by atoms with van der Waals surface area (Å²) in [4.78, 5) is 0. The third-order valence-corrected chi connectivity index (χ3v) is 5.87. The van der Waals surface area contributed by atoms with Crippen molar-refractivity contribution < 1.29 is 14.2 Å². The van der Waals surface area contributed by atoms with E-state index in [1.54, 1.807) is 0 Å². The Morgan fingerprint density at radius 3 is 2.07 bits per heavy atom. The smallest absolute Gasteiger partial charge is 0.122 e. The monoisotopic (exact) mass is 392 g/mol. The van der Waals surface area contributed by atoms with Crippen molar-refractivity contribution in [3.05, 3.63) is 90.9 Å². The lowest BCUT2D eigenvalue weighted by atomic mass is 9.78. The van der Waals surface area contributed by atoms with E-state index in [0.29, 0.717) is 19.1 Å². The first-order valence-electron chi connectivity index (χ1n) is 10.3. The van der Waals surface area contributed by atoms with E-state index in [9.17, 15) is 0 Å².